The third-order valence-corrected chi connectivity index (χ3v) is 4.02. The number of anilines is 2. The fraction of sp³-hybridized carbons (Fsp3) is 0.286. The van der Waals surface area contributed by atoms with Gasteiger partial charge in [-0.15, -0.1) is 0 Å². The van der Waals surface area contributed by atoms with Crippen LogP contribution in [-0.4, -0.2) is 22.5 Å². The van der Waals surface area contributed by atoms with Gasteiger partial charge >= 0.3 is 5.97 Å². The first kappa shape index (κ1) is 17.9. The van der Waals surface area contributed by atoms with Crippen molar-refractivity contribution >= 4 is 28.4 Å². The average molecular weight is 349 g/mol. The van der Waals surface area contributed by atoms with Crippen LogP contribution in [0.15, 0.2) is 36.5 Å². The molecule has 134 valence electrons. The van der Waals surface area contributed by atoms with E-state index in [1.54, 1.807) is 0 Å². The Morgan fingerprint density at radius 1 is 1.12 bits per heavy atom. The molecule has 0 saturated carbocycles. The Hall–Kier alpha value is -2.95. The minimum Gasteiger partial charge on any atom is -0.462 e. The molecule has 1 N–H and O–H groups in total. The van der Waals surface area contributed by atoms with E-state index in [4.69, 9.17) is 4.74 Å². The molecule has 0 fully saturated rings. The molecule has 0 bridgehead atoms. The largest absolute Gasteiger partial charge is 0.462 e. The van der Waals surface area contributed by atoms with E-state index in [0.717, 1.165) is 34.3 Å². The van der Waals surface area contributed by atoms with Crippen molar-refractivity contribution in [2.24, 2.45) is 0 Å². The van der Waals surface area contributed by atoms with Gasteiger partial charge in [0.25, 0.3) is 0 Å². The lowest BCUT2D eigenvalue weighted by Gasteiger charge is -2.15. The van der Waals surface area contributed by atoms with Crippen LogP contribution in [0, 0.1) is 20.8 Å². The van der Waals surface area contributed by atoms with Crippen LogP contribution in [0.4, 0.5) is 11.4 Å². The predicted molar refractivity (Wildman–Crippen MR) is 104 cm³/mol. The molecule has 0 aliphatic rings. The van der Waals surface area contributed by atoms with Gasteiger partial charge in [0.05, 0.1) is 12.3 Å². The van der Waals surface area contributed by atoms with Gasteiger partial charge in [-0.1, -0.05) is 13.0 Å². The molecule has 2 heterocycles. The highest BCUT2D eigenvalue weighted by Crippen LogP contribution is 2.30. The first-order valence-corrected chi connectivity index (χ1v) is 8.76. The lowest BCUT2D eigenvalue weighted by Crippen LogP contribution is -2.10. The second-order valence-electron chi connectivity index (χ2n) is 6.51. The second-order valence-corrected chi connectivity index (χ2v) is 6.51. The zero-order valence-electron chi connectivity index (χ0n) is 15.6. The van der Waals surface area contributed by atoms with E-state index in [1.807, 2.05) is 52.0 Å². The summed E-state index contributed by atoms with van der Waals surface area (Å²) in [6.45, 7) is 8.36. The zero-order valence-corrected chi connectivity index (χ0v) is 15.6. The van der Waals surface area contributed by atoms with Crippen LogP contribution in [0.5, 0.6) is 0 Å². The maximum Gasteiger partial charge on any atom is 0.341 e. The third-order valence-electron chi connectivity index (χ3n) is 4.02. The lowest BCUT2D eigenvalue weighted by molar-refractivity contribution is 0.0506. The van der Waals surface area contributed by atoms with Gasteiger partial charge in [0.2, 0.25) is 0 Å². The minimum atomic E-state index is -0.381. The molecule has 0 saturated heterocycles. The van der Waals surface area contributed by atoms with Crippen LogP contribution in [0.25, 0.3) is 11.0 Å². The van der Waals surface area contributed by atoms with E-state index in [2.05, 4.69) is 21.4 Å². The topological polar surface area (TPSA) is 64.1 Å². The van der Waals surface area contributed by atoms with Crippen LogP contribution in [0.2, 0.25) is 0 Å². The number of aryl methyl sites for hydroxylation is 3. The van der Waals surface area contributed by atoms with Gasteiger partial charge in [-0.3, -0.25) is 0 Å². The molecule has 3 rings (SSSR count). The van der Waals surface area contributed by atoms with Gasteiger partial charge in [-0.2, -0.15) is 0 Å². The number of ether oxygens (including phenoxy) is 1. The van der Waals surface area contributed by atoms with Crippen molar-refractivity contribution in [3.05, 3.63) is 58.9 Å². The molecule has 0 aliphatic carbocycles. The molecule has 5 heteroatoms. The number of rotatable bonds is 5. The fourth-order valence-corrected chi connectivity index (χ4v) is 2.93. The Morgan fingerprint density at radius 3 is 2.54 bits per heavy atom. The van der Waals surface area contributed by atoms with Gasteiger partial charge in [-0.05, 0) is 62.6 Å². The molecule has 1 aromatic carbocycles. The summed E-state index contributed by atoms with van der Waals surface area (Å²) < 4.78 is 5.34. The number of carbonyl (C=O) groups is 1. The Kier molecular flexibility index (Phi) is 5.16. The fourth-order valence-electron chi connectivity index (χ4n) is 2.93. The highest BCUT2D eigenvalue weighted by Gasteiger charge is 2.18. The van der Waals surface area contributed by atoms with E-state index in [1.165, 1.54) is 6.20 Å². The highest BCUT2D eigenvalue weighted by atomic mass is 16.5. The van der Waals surface area contributed by atoms with Gasteiger partial charge < -0.3 is 10.1 Å². The van der Waals surface area contributed by atoms with Crippen molar-refractivity contribution in [2.45, 2.75) is 34.1 Å². The number of carbonyl (C=O) groups excluding carboxylic acids is 1. The smallest absolute Gasteiger partial charge is 0.341 e. The molecular weight excluding hydrogens is 326 g/mol. The maximum atomic E-state index is 12.5. The summed E-state index contributed by atoms with van der Waals surface area (Å²) in [7, 11) is 0. The molecule has 0 amide bonds. The molecule has 0 atom stereocenters. The summed E-state index contributed by atoms with van der Waals surface area (Å²) in [5, 5.41) is 4.19. The van der Waals surface area contributed by atoms with Crippen molar-refractivity contribution in [3.8, 4) is 0 Å². The number of hydrogen-bond donors (Lipinski definition) is 1. The molecule has 26 heavy (non-hydrogen) atoms. The third kappa shape index (κ3) is 3.82. The van der Waals surface area contributed by atoms with Crippen molar-refractivity contribution in [1.29, 1.82) is 0 Å². The molecule has 0 spiro atoms. The monoisotopic (exact) mass is 349 g/mol. The summed E-state index contributed by atoms with van der Waals surface area (Å²) in [4.78, 5) is 21.4. The zero-order chi connectivity index (χ0) is 18.7. The van der Waals surface area contributed by atoms with E-state index < -0.39 is 0 Å². The van der Waals surface area contributed by atoms with Crippen LogP contribution < -0.4 is 5.32 Å². The van der Waals surface area contributed by atoms with E-state index >= 15 is 0 Å². The van der Waals surface area contributed by atoms with E-state index in [9.17, 15) is 4.79 Å². The minimum absolute atomic E-state index is 0.381. The van der Waals surface area contributed by atoms with Crippen molar-refractivity contribution in [2.75, 3.05) is 11.9 Å². The number of benzene rings is 1. The number of nitrogens with zero attached hydrogens (tertiary/aromatic N) is 2. The number of aromatic nitrogens is 2. The number of esters is 1. The summed E-state index contributed by atoms with van der Waals surface area (Å²) in [6.07, 6.45) is 2.31. The average Bonchev–Trinajstić information content (AvgIpc) is 2.58. The SMILES string of the molecule is CCCOC(=O)c1cnc2nc(C)ccc2c1Nc1cc(C)cc(C)c1. The molecule has 0 radical (unpaired) electrons. The Morgan fingerprint density at radius 2 is 1.85 bits per heavy atom. The first-order chi connectivity index (χ1) is 12.5. The normalized spacial score (nSPS) is 10.8. The molecule has 0 unspecified atom stereocenters. The number of hydrogen-bond acceptors (Lipinski definition) is 5. The van der Waals surface area contributed by atoms with E-state index in [0.29, 0.717) is 23.5 Å². The first-order valence-electron chi connectivity index (χ1n) is 8.76. The van der Waals surface area contributed by atoms with Crippen molar-refractivity contribution < 1.29 is 9.53 Å². The molecular formula is C21H23N3O2. The lowest BCUT2D eigenvalue weighted by atomic mass is 10.1. The van der Waals surface area contributed by atoms with Crippen LogP contribution in [-0.2, 0) is 4.74 Å². The van der Waals surface area contributed by atoms with Gasteiger partial charge in [0, 0.05) is 23.0 Å². The molecule has 2 aromatic heterocycles. The summed E-state index contributed by atoms with van der Waals surface area (Å²) in [5.74, 6) is -0.381. The summed E-state index contributed by atoms with van der Waals surface area (Å²) in [5.41, 5.74) is 5.78. The standard InChI is InChI=1S/C21H23N3O2/c1-5-8-26-21(25)18-12-22-20-17(7-6-15(4)23-20)19(18)24-16-10-13(2)9-14(3)11-16/h6-7,9-12H,5,8H2,1-4H3,(H,22,23,24). The molecule has 0 aliphatic heterocycles. The number of pyridine rings is 2. The molecule has 3 aromatic rings. The van der Waals surface area contributed by atoms with Crippen molar-refractivity contribution in [1.82, 2.24) is 9.97 Å². The quantitative estimate of drug-likeness (QED) is 0.666. The maximum absolute atomic E-state index is 12.5. The van der Waals surface area contributed by atoms with Gasteiger partial charge in [-0.25, -0.2) is 14.8 Å². The van der Waals surface area contributed by atoms with Crippen molar-refractivity contribution in [3.63, 3.8) is 0 Å². The summed E-state index contributed by atoms with van der Waals surface area (Å²) in [6, 6.07) is 10.0. The number of nitrogens with one attached hydrogen (secondary N) is 1. The summed E-state index contributed by atoms with van der Waals surface area (Å²) >= 11 is 0. The number of fused-ring (bicyclic) bond motifs is 1. The van der Waals surface area contributed by atoms with Gasteiger partial charge in [0.15, 0.2) is 5.65 Å². The molecule has 5 nitrogen and oxygen atoms in total. The predicted octanol–water partition coefficient (Wildman–Crippen LogP) is 4.87. The Labute approximate surface area is 153 Å². The Balaban J connectivity index is 2.13. The second kappa shape index (κ2) is 7.52. The van der Waals surface area contributed by atoms with Crippen LogP contribution in [0.3, 0.4) is 0 Å². The van der Waals surface area contributed by atoms with E-state index in [-0.39, 0.29) is 5.97 Å². The Bertz CT molecular complexity index is 947. The van der Waals surface area contributed by atoms with Crippen LogP contribution >= 0.6 is 0 Å². The highest BCUT2D eigenvalue weighted by molar-refractivity contribution is 6.05. The van der Waals surface area contributed by atoms with Gasteiger partial charge in [0.1, 0.15) is 5.56 Å². The van der Waals surface area contributed by atoms with Crippen LogP contribution in [0.1, 0.15) is 40.5 Å².